The molecule has 0 spiro atoms. The Kier molecular flexibility index (Phi) is 7.17. The summed E-state index contributed by atoms with van der Waals surface area (Å²) in [5.74, 6) is -1.58. The van der Waals surface area contributed by atoms with E-state index in [-0.39, 0.29) is 5.69 Å². The molecule has 3 aromatic carbocycles. The number of hydrogen-bond acceptors (Lipinski definition) is 4. The number of carbonyl (C=O) groups is 3. The Balaban J connectivity index is 1.57. The summed E-state index contributed by atoms with van der Waals surface area (Å²) >= 11 is 3.42. The average Bonchev–Trinajstić information content (AvgIpc) is 3.19. The molecule has 0 fully saturated rings. The zero-order valence-electron chi connectivity index (χ0n) is 19.1. The third kappa shape index (κ3) is 5.70. The molecular formula is C26H23BrN4O4. The van der Waals surface area contributed by atoms with Crippen LogP contribution in [0, 0.1) is 6.92 Å². The van der Waals surface area contributed by atoms with Crippen molar-refractivity contribution >= 4 is 55.9 Å². The molecular weight excluding hydrogens is 512 g/mol. The molecule has 3 amide bonds. The van der Waals surface area contributed by atoms with E-state index in [1.165, 1.54) is 4.68 Å². The molecule has 178 valence electrons. The number of halogens is 1. The molecule has 9 heteroatoms. The van der Waals surface area contributed by atoms with Gasteiger partial charge in [0.1, 0.15) is 11.4 Å². The first kappa shape index (κ1) is 24.0. The number of anilines is 2. The molecule has 0 unspecified atom stereocenters. The van der Waals surface area contributed by atoms with Gasteiger partial charge in [-0.05, 0) is 74.5 Å². The van der Waals surface area contributed by atoms with E-state index in [9.17, 15) is 14.4 Å². The van der Waals surface area contributed by atoms with E-state index in [0.717, 1.165) is 10.0 Å². The third-order valence-electron chi connectivity index (χ3n) is 5.15. The lowest BCUT2D eigenvalue weighted by Crippen LogP contribution is -2.36. The fraction of sp³-hybridized carbons (Fsp3) is 0.115. The van der Waals surface area contributed by atoms with Gasteiger partial charge in [0, 0.05) is 21.2 Å². The second-order valence-electron chi connectivity index (χ2n) is 7.74. The number of carbonyl (C=O) groups excluding carboxylic acids is 3. The lowest BCUT2D eigenvalue weighted by molar-refractivity contribution is -0.133. The Bertz CT molecular complexity index is 1400. The van der Waals surface area contributed by atoms with Gasteiger partial charge >= 0.3 is 11.8 Å². The summed E-state index contributed by atoms with van der Waals surface area (Å²) in [6, 6.07) is 21.0. The number of aromatic nitrogens is 1. The van der Waals surface area contributed by atoms with Gasteiger partial charge in [-0.25, -0.2) is 4.68 Å². The average molecular weight is 535 g/mol. The molecule has 0 bridgehead atoms. The van der Waals surface area contributed by atoms with Crippen molar-refractivity contribution in [3.63, 3.8) is 0 Å². The highest BCUT2D eigenvalue weighted by Crippen LogP contribution is 2.24. The fourth-order valence-corrected chi connectivity index (χ4v) is 3.83. The Hall–Kier alpha value is -4.11. The predicted octanol–water partition coefficient (Wildman–Crippen LogP) is 5.07. The molecule has 0 saturated carbocycles. The molecule has 0 saturated heterocycles. The van der Waals surface area contributed by atoms with Gasteiger partial charge in [0.25, 0.3) is 5.91 Å². The normalized spacial score (nSPS) is 10.6. The van der Waals surface area contributed by atoms with Crippen molar-refractivity contribution in [2.24, 2.45) is 0 Å². The summed E-state index contributed by atoms with van der Waals surface area (Å²) < 4.78 is 7.50. The molecule has 1 heterocycles. The smallest absolute Gasteiger partial charge is 0.328 e. The minimum Gasteiger partial charge on any atom is -0.494 e. The number of nitrogens with one attached hydrogen (secondary N) is 3. The monoisotopic (exact) mass is 534 g/mol. The lowest BCUT2D eigenvalue weighted by atomic mass is 10.2. The second-order valence-corrected chi connectivity index (χ2v) is 8.66. The van der Waals surface area contributed by atoms with Gasteiger partial charge < -0.3 is 15.4 Å². The number of rotatable bonds is 6. The number of aryl methyl sites for hydroxylation is 1. The van der Waals surface area contributed by atoms with Crippen LogP contribution in [0.3, 0.4) is 0 Å². The third-order valence-corrected chi connectivity index (χ3v) is 5.64. The van der Waals surface area contributed by atoms with Crippen molar-refractivity contribution in [2.45, 2.75) is 13.8 Å². The Labute approximate surface area is 210 Å². The van der Waals surface area contributed by atoms with E-state index in [1.54, 1.807) is 54.6 Å². The summed E-state index contributed by atoms with van der Waals surface area (Å²) in [6.07, 6.45) is 0. The van der Waals surface area contributed by atoms with Gasteiger partial charge in [0.2, 0.25) is 0 Å². The summed E-state index contributed by atoms with van der Waals surface area (Å²) in [5.41, 5.74) is 5.38. The SMILES string of the molecule is CCOc1ccc(NC(=O)C(=O)Nn2c(C(=O)Nc3ccc(C)cc3)cc3cc(Br)ccc32)cc1. The number of nitrogens with zero attached hydrogens (tertiary/aromatic N) is 1. The number of ether oxygens (including phenoxy) is 1. The van der Waals surface area contributed by atoms with Crippen molar-refractivity contribution in [2.75, 3.05) is 22.7 Å². The van der Waals surface area contributed by atoms with E-state index in [4.69, 9.17) is 4.74 Å². The van der Waals surface area contributed by atoms with Crippen molar-refractivity contribution in [3.05, 3.63) is 88.5 Å². The van der Waals surface area contributed by atoms with Gasteiger partial charge in [0.15, 0.2) is 0 Å². The molecule has 0 atom stereocenters. The first-order valence-electron chi connectivity index (χ1n) is 10.9. The molecule has 0 aliphatic heterocycles. The summed E-state index contributed by atoms with van der Waals surface area (Å²) in [6.45, 7) is 4.35. The minimum absolute atomic E-state index is 0.167. The van der Waals surface area contributed by atoms with Crippen LogP contribution in [0.1, 0.15) is 23.0 Å². The summed E-state index contributed by atoms with van der Waals surface area (Å²) in [7, 11) is 0. The molecule has 0 radical (unpaired) electrons. The van der Waals surface area contributed by atoms with E-state index < -0.39 is 17.7 Å². The van der Waals surface area contributed by atoms with E-state index >= 15 is 0 Å². The van der Waals surface area contributed by atoms with Crippen molar-refractivity contribution in [1.82, 2.24) is 4.68 Å². The van der Waals surface area contributed by atoms with Crippen molar-refractivity contribution in [3.8, 4) is 5.75 Å². The van der Waals surface area contributed by atoms with E-state index in [0.29, 0.717) is 34.6 Å². The van der Waals surface area contributed by atoms with Crippen LogP contribution in [0.4, 0.5) is 11.4 Å². The molecule has 3 N–H and O–H groups in total. The first-order chi connectivity index (χ1) is 16.8. The van der Waals surface area contributed by atoms with Crippen molar-refractivity contribution in [1.29, 1.82) is 0 Å². The quantitative estimate of drug-likeness (QED) is 0.300. The highest BCUT2D eigenvalue weighted by Gasteiger charge is 2.21. The van der Waals surface area contributed by atoms with Crippen LogP contribution in [0.25, 0.3) is 10.9 Å². The molecule has 1 aromatic heterocycles. The van der Waals surface area contributed by atoms with Crippen LogP contribution < -0.4 is 20.8 Å². The summed E-state index contributed by atoms with van der Waals surface area (Å²) in [5, 5.41) is 6.08. The van der Waals surface area contributed by atoms with Crippen molar-refractivity contribution < 1.29 is 19.1 Å². The topological polar surface area (TPSA) is 101 Å². The van der Waals surface area contributed by atoms with Gasteiger partial charge in [-0.1, -0.05) is 33.6 Å². The maximum Gasteiger partial charge on any atom is 0.328 e. The van der Waals surface area contributed by atoms with Crippen LogP contribution in [0.15, 0.2) is 77.3 Å². The Morgan fingerprint density at radius 3 is 2.20 bits per heavy atom. The molecule has 0 aliphatic carbocycles. The zero-order chi connectivity index (χ0) is 24.9. The van der Waals surface area contributed by atoms with Gasteiger partial charge in [-0.3, -0.25) is 19.8 Å². The van der Waals surface area contributed by atoms with E-state index in [1.807, 2.05) is 32.0 Å². The standard InChI is InChI=1S/C26H23BrN4O4/c1-3-35-21-11-9-20(10-12-21)29-25(33)26(34)30-31-22-13-6-18(27)14-17(22)15-23(31)24(32)28-19-7-4-16(2)5-8-19/h4-15H,3H2,1-2H3,(H,28,32)(H,29,33)(H,30,34). The molecule has 4 aromatic rings. The number of fused-ring (bicyclic) bond motifs is 1. The fourth-order valence-electron chi connectivity index (χ4n) is 3.45. The molecule has 4 rings (SSSR count). The second kappa shape index (κ2) is 10.4. The maximum atomic E-state index is 13.1. The van der Waals surface area contributed by atoms with Gasteiger partial charge in [0.05, 0.1) is 12.1 Å². The molecule has 35 heavy (non-hydrogen) atoms. The summed E-state index contributed by atoms with van der Waals surface area (Å²) in [4.78, 5) is 38.4. The highest BCUT2D eigenvalue weighted by atomic mass is 79.9. The van der Waals surface area contributed by atoms with Gasteiger partial charge in [-0.2, -0.15) is 0 Å². The number of hydrogen-bond donors (Lipinski definition) is 3. The molecule has 8 nitrogen and oxygen atoms in total. The highest BCUT2D eigenvalue weighted by molar-refractivity contribution is 9.10. The minimum atomic E-state index is -0.927. The number of amides is 3. The van der Waals surface area contributed by atoms with Crippen LogP contribution in [0.2, 0.25) is 0 Å². The largest absolute Gasteiger partial charge is 0.494 e. The molecule has 0 aliphatic rings. The Morgan fingerprint density at radius 2 is 1.51 bits per heavy atom. The maximum absolute atomic E-state index is 13.1. The van der Waals surface area contributed by atoms with Crippen LogP contribution in [-0.4, -0.2) is 29.0 Å². The zero-order valence-corrected chi connectivity index (χ0v) is 20.7. The predicted molar refractivity (Wildman–Crippen MR) is 139 cm³/mol. The van der Waals surface area contributed by atoms with Gasteiger partial charge in [-0.15, -0.1) is 0 Å². The van der Waals surface area contributed by atoms with E-state index in [2.05, 4.69) is 32.0 Å². The van der Waals surface area contributed by atoms with Crippen LogP contribution >= 0.6 is 15.9 Å². The lowest BCUT2D eigenvalue weighted by Gasteiger charge is -2.13. The van der Waals surface area contributed by atoms with Crippen LogP contribution in [0.5, 0.6) is 5.75 Å². The van der Waals surface area contributed by atoms with Crippen LogP contribution in [-0.2, 0) is 9.59 Å². The first-order valence-corrected chi connectivity index (χ1v) is 11.7. The Morgan fingerprint density at radius 1 is 0.857 bits per heavy atom. The number of benzene rings is 3.